The number of halogens is 8. The van der Waals surface area contributed by atoms with Gasteiger partial charge in [0.1, 0.15) is 35.6 Å². The van der Waals surface area contributed by atoms with E-state index in [0.717, 1.165) is 42.1 Å². The van der Waals surface area contributed by atoms with Gasteiger partial charge in [-0.3, -0.25) is 24.0 Å². The average Bonchev–Trinajstić information content (AvgIpc) is 2.06. The molecule has 10 aliphatic rings. The molecule has 0 radical (unpaired) electrons. The minimum Gasteiger partial charge on any atom is -0.390 e. The number of ketones is 2. The molecule has 0 bridgehead atoms. The lowest BCUT2D eigenvalue weighted by Gasteiger charge is -2.63. The molecule has 8 aliphatic carbocycles. The lowest BCUT2D eigenvalue weighted by molar-refractivity contribution is -0.232. The Hall–Kier alpha value is -4.55. The van der Waals surface area contributed by atoms with Crippen molar-refractivity contribution >= 4 is 50.6 Å². The van der Waals surface area contributed by atoms with Crippen LogP contribution < -0.4 is 0 Å². The molecular formula is C61H71F8NO11S2. The number of rotatable bonds is 4. The molecule has 1 amide bonds. The number of thioether (sulfide) groups is 2. The summed E-state index contributed by atoms with van der Waals surface area (Å²) in [7, 11) is 2.91. The maximum absolute atomic E-state index is 17.6. The fourth-order valence-electron chi connectivity index (χ4n) is 16.7. The molecule has 20 atom stereocenters. The van der Waals surface area contributed by atoms with Crippen molar-refractivity contribution in [2.24, 2.45) is 45.3 Å². The van der Waals surface area contributed by atoms with Crippen LogP contribution in [-0.4, -0.2) is 122 Å². The third-order valence-corrected chi connectivity index (χ3v) is 22.2. The van der Waals surface area contributed by atoms with Crippen molar-refractivity contribution in [2.75, 3.05) is 20.4 Å². The first-order valence-electron chi connectivity index (χ1n) is 26.4. The smallest absolute Gasteiger partial charge is 0.288 e. The van der Waals surface area contributed by atoms with E-state index < -0.39 is 168 Å². The van der Waals surface area contributed by atoms with Crippen LogP contribution in [0.3, 0.4) is 0 Å². The molecule has 2 aromatic carbocycles. The number of carbonyl (C=O) groups excluding carboxylic acids is 5. The zero-order chi connectivity index (χ0) is 58.0. The normalized spacial score (nSPS) is 43.7. The van der Waals surface area contributed by atoms with Crippen LogP contribution >= 0.6 is 23.5 Å². The number of carbonyl (C=O) groups is 5. The number of allylic oxidation sites excluding steroid dienone is 8. The molecule has 2 aliphatic heterocycles. The van der Waals surface area contributed by atoms with E-state index in [4.69, 9.17) is 18.9 Å². The summed E-state index contributed by atoms with van der Waals surface area (Å²) < 4.78 is 148. The second-order valence-electron chi connectivity index (χ2n) is 24.2. The SMILES string of the molecule is C.C.C.CN(C)C(=O)SC(=O)[C@@]12OC(c3ccc(F)cc3F)O[C@@H]1C[C@H]1[C@@H]3C[C@H](F)C4=CC(=O)C=C[C@]4(C)[C@@]3(F)[C@@H](O)C[C@@]12C.CSC(=O)[C@@]12OC(c3ccc(F)cc3F)O[C@@H]1C[C@H]1[C@@H]3C[C@H](F)C4=CC(=O)C=C[C@]4(C)[C@@]3(F)[C@@H](O)C[C@@]12C. The first-order chi connectivity index (χ1) is 37.4. The molecule has 6 saturated carbocycles. The van der Waals surface area contributed by atoms with E-state index in [9.17, 15) is 51.7 Å². The van der Waals surface area contributed by atoms with Crippen LogP contribution in [0.2, 0.25) is 0 Å². The van der Waals surface area contributed by atoms with Gasteiger partial charge in [0.25, 0.3) is 5.24 Å². The summed E-state index contributed by atoms with van der Waals surface area (Å²) in [5.74, 6) is -7.90. The third kappa shape index (κ3) is 8.52. The van der Waals surface area contributed by atoms with E-state index in [2.05, 4.69) is 0 Å². The number of amides is 1. The number of ether oxygens (including phenoxy) is 4. The van der Waals surface area contributed by atoms with Gasteiger partial charge < -0.3 is 34.1 Å². The number of hydrogen-bond donors (Lipinski definition) is 2. The quantitative estimate of drug-likeness (QED) is 0.278. The fourth-order valence-corrected chi connectivity index (χ4v) is 18.3. The molecule has 83 heavy (non-hydrogen) atoms. The van der Waals surface area contributed by atoms with Gasteiger partial charge in [0.05, 0.1) is 24.4 Å². The highest BCUT2D eigenvalue weighted by atomic mass is 32.2. The standard InChI is InChI=1S/C30H31F4NO6S.C28H28F4O5S.3CH4/c1-27-8-7-15(36)10-19(27)21(33)11-18-17-12-23-30(25(38)42-26(39)35(3)4,28(17,2)13-22(37)29(18,27)34)41-24(40-23)16-6-5-14(31)9-20(16)32;1-25-7-6-14(33)9-18(25)20(31)10-17-16-11-22-28(24(35)38-3,26(16,2)12-21(34)27(17,25)32)37-23(36-22)15-5-4-13(29)8-19(15)30;;;/h5-10,17-18,21-24,37H,11-13H2,1-4H3;4-9,16-17,20-23,34H,10-12H2,1-3H3;3*1H4/t17-,18-,21-,22-,23+,24?,27-,28-,29-,30-;16-,17-,20-,21-,22+,23?,25-,26-,27-,28-;;;/m00.../s1. The molecule has 12 nitrogen and oxygen atoms in total. The summed E-state index contributed by atoms with van der Waals surface area (Å²) in [6, 6.07) is 5.75. The summed E-state index contributed by atoms with van der Waals surface area (Å²) >= 11 is 1.25. The van der Waals surface area contributed by atoms with Crippen molar-refractivity contribution in [3.63, 3.8) is 0 Å². The van der Waals surface area contributed by atoms with E-state index in [1.165, 1.54) is 63.2 Å². The number of fused-ring (bicyclic) bond motifs is 14. The summed E-state index contributed by atoms with van der Waals surface area (Å²) in [5, 5.41) is 21.4. The Morgan fingerprint density at radius 2 is 1.00 bits per heavy atom. The van der Waals surface area contributed by atoms with Crippen molar-refractivity contribution in [3.8, 4) is 0 Å². The number of hydrogen-bond acceptors (Lipinski definition) is 13. The number of benzene rings is 2. The molecule has 2 heterocycles. The Morgan fingerprint density at radius 1 is 0.614 bits per heavy atom. The van der Waals surface area contributed by atoms with Gasteiger partial charge in [-0.2, -0.15) is 0 Å². The predicted molar refractivity (Wildman–Crippen MR) is 294 cm³/mol. The first kappa shape index (κ1) is 64.4. The molecule has 22 heteroatoms. The van der Waals surface area contributed by atoms with Crippen molar-refractivity contribution in [2.45, 2.75) is 160 Å². The molecule has 2 N–H and O–H groups in total. The molecule has 0 aromatic heterocycles. The Kier molecular flexibility index (Phi) is 16.6. The van der Waals surface area contributed by atoms with Crippen LogP contribution in [-0.2, 0) is 38.1 Å². The highest BCUT2D eigenvalue weighted by Gasteiger charge is 2.82. The van der Waals surface area contributed by atoms with Crippen LogP contribution in [0, 0.1) is 68.6 Å². The molecule has 2 unspecified atom stereocenters. The number of alkyl halides is 4. The van der Waals surface area contributed by atoms with E-state index >= 15 is 17.6 Å². The lowest BCUT2D eigenvalue weighted by atomic mass is 9.44. The third-order valence-electron chi connectivity index (χ3n) is 20.5. The molecule has 2 aromatic rings. The number of aliphatic hydroxyl groups is 2. The van der Waals surface area contributed by atoms with Gasteiger partial charge in [-0.05, 0) is 130 Å². The Labute approximate surface area is 486 Å². The Bertz CT molecular complexity index is 3170. The minimum atomic E-state index is -2.40. The monoisotopic (exact) mass is 1210 g/mol. The van der Waals surface area contributed by atoms with Crippen molar-refractivity contribution in [3.05, 3.63) is 118 Å². The molecule has 0 spiro atoms. The average molecular weight is 1210 g/mol. The minimum absolute atomic E-state index is 0. The maximum atomic E-state index is 17.6. The highest BCUT2D eigenvalue weighted by Crippen LogP contribution is 2.75. The topological polar surface area (TPSA) is 166 Å². The van der Waals surface area contributed by atoms with Gasteiger partial charge in [-0.15, -0.1) is 0 Å². The number of nitrogens with zero attached hydrogens (tertiary/aromatic N) is 1. The molecule has 12 rings (SSSR count). The van der Waals surface area contributed by atoms with Crippen molar-refractivity contribution in [1.29, 1.82) is 0 Å². The molecular weight excluding hydrogens is 1140 g/mol. The van der Waals surface area contributed by atoms with Crippen LogP contribution in [0.4, 0.5) is 39.9 Å². The second kappa shape index (κ2) is 21.4. The largest absolute Gasteiger partial charge is 0.390 e. The molecule has 454 valence electrons. The van der Waals surface area contributed by atoms with Gasteiger partial charge >= 0.3 is 0 Å². The highest BCUT2D eigenvalue weighted by molar-refractivity contribution is 8.26. The lowest BCUT2D eigenvalue weighted by Crippen LogP contribution is -2.70. The zero-order valence-corrected chi connectivity index (χ0v) is 46.1. The van der Waals surface area contributed by atoms with E-state index in [0.29, 0.717) is 23.9 Å². The van der Waals surface area contributed by atoms with E-state index in [-0.39, 0.29) is 83.1 Å². The van der Waals surface area contributed by atoms with Crippen LogP contribution in [0.5, 0.6) is 0 Å². The summed E-state index contributed by atoms with van der Waals surface area (Å²) in [6.45, 7) is 6.33. The first-order valence-corrected chi connectivity index (χ1v) is 28.5. The van der Waals surface area contributed by atoms with Gasteiger partial charge in [-0.25, -0.2) is 35.1 Å². The van der Waals surface area contributed by atoms with Crippen LogP contribution in [0.25, 0.3) is 0 Å². The Morgan fingerprint density at radius 3 is 1.36 bits per heavy atom. The number of aliphatic hydroxyl groups excluding tert-OH is 2. The van der Waals surface area contributed by atoms with Crippen LogP contribution in [0.15, 0.2) is 84.0 Å². The van der Waals surface area contributed by atoms with Gasteiger partial charge in [0.15, 0.2) is 46.7 Å². The van der Waals surface area contributed by atoms with Gasteiger partial charge in [0, 0.05) is 82.6 Å². The van der Waals surface area contributed by atoms with Crippen molar-refractivity contribution in [1.82, 2.24) is 4.90 Å². The maximum Gasteiger partial charge on any atom is 0.288 e. The Balaban J connectivity index is 0.000000210. The molecule has 2 saturated heterocycles. The van der Waals surface area contributed by atoms with Crippen molar-refractivity contribution < 1.29 is 88.3 Å². The van der Waals surface area contributed by atoms with E-state index in [1.54, 1.807) is 20.1 Å². The van der Waals surface area contributed by atoms with Gasteiger partial charge in [-0.1, -0.05) is 60.0 Å². The van der Waals surface area contributed by atoms with E-state index in [1.807, 2.05) is 0 Å². The summed E-state index contributed by atoms with van der Waals surface area (Å²) in [5.41, 5.74) is -14.4. The molecule has 8 fully saturated rings. The second-order valence-corrected chi connectivity index (χ2v) is 25.9. The summed E-state index contributed by atoms with van der Waals surface area (Å²) in [4.78, 5) is 65.8. The fraction of sp³-hybridized carbons (Fsp3) is 0.590. The van der Waals surface area contributed by atoms with Crippen LogP contribution in [0.1, 0.15) is 112 Å². The predicted octanol–water partition coefficient (Wildman–Crippen LogP) is 11.8. The zero-order valence-electron chi connectivity index (χ0n) is 44.5. The summed E-state index contributed by atoms with van der Waals surface area (Å²) in [6.07, 6.45) is -3.67. The van der Waals surface area contributed by atoms with Gasteiger partial charge in [0.2, 0.25) is 10.2 Å².